The molecule has 0 aliphatic rings. The van der Waals surface area contributed by atoms with Crippen LogP contribution in [0.15, 0.2) is 45.6 Å². The first-order valence-corrected chi connectivity index (χ1v) is 6.06. The molecule has 2 rings (SSSR count). The maximum atomic E-state index is 12.9. The van der Waals surface area contributed by atoms with Crippen LogP contribution >= 0.6 is 31.9 Å². The minimum Gasteiger partial charge on any atom is -0.353 e. The van der Waals surface area contributed by atoms with Crippen LogP contribution < -0.4 is 5.32 Å². The zero-order valence-electron chi connectivity index (χ0n) is 8.05. The highest BCUT2D eigenvalue weighted by Gasteiger charge is 2.02. The van der Waals surface area contributed by atoms with Gasteiger partial charge in [-0.1, -0.05) is 0 Å². The fourth-order valence-electron chi connectivity index (χ4n) is 1.23. The third-order valence-corrected chi connectivity index (χ3v) is 3.00. The zero-order valence-corrected chi connectivity index (χ0v) is 11.2. The number of benzene rings is 1. The molecule has 1 heterocycles. The summed E-state index contributed by atoms with van der Waals surface area (Å²) < 4.78 is 14.4. The van der Waals surface area contributed by atoms with E-state index in [-0.39, 0.29) is 5.82 Å². The topological polar surface area (TPSA) is 24.9 Å². The van der Waals surface area contributed by atoms with Crippen LogP contribution in [0.1, 0.15) is 0 Å². The van der Waals surface area contributed by atoms with Crippen molar-refractivity contribution in [3.63, 3.8) is 0 Å². The number of halogens is 3. The van der Waals surface area contributed by atoms with Crippen molar-refractivity contribution in [1.29, 1.82) is 0 Å². The third kappa shape index (κ3) is 2.80. The predicted molar refractivity (Wildman–Crippen MR) is 69.3 cm³/mol. The largest absolute Gasteiger partial charge is 0.353 e. The molecule has 0 unspecified atom stereocenters. The van der Waals surface area contributed by atoms with Gasteiger partial charge in [-0.05, 0) is 56.1 Å². The summed E-state index contributed by atoms with van der Waals surface area (Å²) in [6.45, 7) is 0. The normalized spacial score (nSPS) is 10.2. The van der Waals surface area contributed by atoms with Gasteiger partial charge in [-0.3, -0.25) is 4.98 Å². The van der Waals surface area contributed by atoms with Crippen LogP contribution in [-0.2, 0) is 0 Å². The van der Waals surface area contributed by atoms with E-state index in [4.69, 9.17) is 0 Å². The Morgan fingerprint density at radius 3 is 2.62 bits per heavy atom. The number of anilines is 2. The van der Waals surface area contributed by atoms with Crippen LogP contribution in [0.3, 0.4) is 0 Å². The number of nitrogens with one attached hydrogen (secondary N) is 1. The number of pyridine rings is 1. The van der Waals surface area contributed by atoms with Gasteiger partial charge in [-0.25, -0.2) is 4.39 Å². The Labute approximate surface area is 109 Å². The number of nitrogens with zero attached hydrogens (tertiary/aromatic N) is 1. The molecule has 0 radical (unpaired) electrons. The fourth-order valence-corrected chi connectivity index (χ4v) is 2.04. The molecule has 2 nitrogen and oxygen atoms in total. The predicted octanol–water partition coefficient (Wildman–Crippen LogP) is 4.49. The van der Waals surface area contributed by atoms with Gasteiger partial charge >= 0.3 is 0 Å². The highest BCUT2D eigenvalue weighted by atomic mass is 79.9. The molecule has 0 amide bonds. The minimum absolute atomic E-state index is 0.273. The third-order valence-electron chi connectivity index (χ3n) is 1.92. The van der Waals surface area contributed by atoms with Crippen molar-refractivity contribution in [1.82, 2.24) is 4.98 Å². The van der Waals surface area contributed by atoms with Gasteiger partial charge in [0.2, 0.25) is 0 Å². The SMILES string of the molecule is Fc1ccc(Nc2cncc(Br)c2)c(Br)c1. The molecule has 0 saturated heterocycles. The summed E-state index contributed by atoms with van der Waals surface area (Å²) in [5.41, 5.74) is 1.63. The Bertz CT molecular complexity index is 517. The van der Waals surface area contributed by atoms with E-state index in [1.165, 1.54) is 12.1 Å². The molecule has 5 heteroatoms. The summed E-state index contributed by atoms with van der Waals surface area (Å²) in [4.78, 5) is 4.03. The summed E-state index contributed by atoms with van der Waals surface area (Å²) >= 11 is 6.62. The van der Waals surface area contributed by atoms with Crippen LogP contribution in [0.4, 0.5) is 15.8 Å². The number of hydrogen-bond acceptors (Lipinski definition) is 2. The van der Waals surface area contributed by atoms with Crippen molar-refractivity contribution >= 4 is 43.2 Å². The Kier molecular flexibility index (Phi) is 3.56. The smallest absolute Gasteiger partial charge is 0.124 e. The van der Waals surface area contributed by atoms with E-state index in [0.29, 0.717) is 4.47 Å². The lowest BCUT2D eigenvalue weighted by Gasteiger charge is -2.08. The second-order valence-corrected chi connectivity index (χ2v) is 4.91. The molecule has 1 aromatic heterocycles. The van der Waals surface area contributed by atoms with Crippen LogP contribution in [0, 0.1) is 5.82 Å². The van der Waals surface area contributed by atoms with Gasteiger partial charge in [0, 0.05) is 15.1 Å². The summed E-state index contributed by atoms with van der Waals surface area (Å²) in [6.07, 6.45) is 3.39. The molecular weight excluding hydrogens is 339 g/mol. The second kappa shape index (κ2) is 4.93. The van der Waals surface area contributed by atoms with Crippen molar-refractivity contribution in [2.24, 2.45) is 0 Å². The summed E-state index contributed by atoms with van der Waals surface area (Å²) in [7, 11) is 0. The molecule has 0 bridgehead atoms. The average molecular weight is 346 g/mol. The maximum absolute atomic E-state index is 12.9. The van der Waals surface area contributed by atoms with Crippen LogP contribution in [-0.4, -0.2) is 4.98 Å². The highest BCUT2D eigenvalue weighted by Crippen LogP contribution is 2.27. The van der Waals surface area contributed by atoms with Crippen LogP contribution in [0.25, 0.3) is 0 Å². The molecule has 16 heavy (non-hydrogen) atoms. The van der Waals surface area contributed by atoms with E-state index >= 15 is 0 Å². The lowest BCUT2D eigenvalue weighted by Crippen LogP contribution is -1.92. The molecule has 0 spiro atoms. The van der Waals surface area contributed by atoms with Crippen molar-refractivity contribution in [2.45, 2.75) is 0 Å². The van der Waals surface area contributed by atoms with E-state index in [1.807, 2.05) is 6.07 Å². The Balaban J connectivity index is 2.27. The molecule has 1 aromatic carbocycles. The van der Waals surface area contributed by atoms with Crippen LogP contribution in [0.5, 0.6) is 0 Å². The van der Waals surface area contributed by atoms with Crippen LogP contribution in [0.2, 0.25) is 0 Å². The number of aromatic nitrogens is 1. The monoisotopic (exact) mass is 344 g/mol. The number of rotatable bonds is 2. The molecule has 0 saturated carbocycles. The van der Waals surface area contributed by atoms with E-state index in [0.717, 1.165) is 15.8 Å². The second-order valence-electron chi connectivity index (χ2n) is 3.14. The maximum Gasteiger partial charge on any atom is 0.124 e. The fraction of sp³-hybridized carbons (Fsp3) is 0. The zero-order chi connectivity index (χ0) is 11.5. The van der Waals surface area contributed by atoms with Gasteiger partial charge < -0.3 is 5.32 Å². The molecule has 0 aliphatic heterocycles. The van der Waals surface area contributed by atoms with E-state index in [2.05, 4.69) is 42.2 Å². The first-order valence-electron chi connectivity index (χ1n) is 4.48. The lowest BCUT2D eigenvalue weighted by atomic mass is 10.3. The summed E-state index contributed by atoms with van der Waals surface area (Å²) in [5.74, 6) is -0.273. The van der Waals surface area contributed by atoms with E-state index in [1.54, 1.807) is 18.5 Å². The van der Waals surface area contributed by atoms with E-state index < -0.39 is 0 Å². The van der Waals surface area contributed by atoms with Gasteiger partial charge in [-0.15, -0.1) is 0 Å². The lowest BCUT2D eigenvalue weighted by molar-refractivity contribution is 0.627. The van der Waals surface area contributed by atoms with Crippen molar-refractivity contribution < 1.29 is 4.39 Å². The Hall–Kier alpha value is -0.940. The van der Waals surface area contributed by atoms with Gasteiger partial charge in [-0.2, -0.15) is 0 Å². The van der Waals surface area contributed by atoms with Crippen molar-refractivity contribution in [3.8, 4) is 0 Å². The first-order chi connectivity index (χ1) is 7.65. The average Bonchev–Trinajstić information content (AvgIpc) is 2.22. The molecule has 0 fully saturated rings. The first kappa shape index (κ1) is 11.5. The van der Waals surface area contributed by atoms with E-state index in [9.17, 15) is 4.39 Å². The molecule has 2 aromatic rings. The highest BCUT2D eigenvalue weighted by molar-refractivity contribution is 9.10. The van der Waals surface area contributed by atoms with Crippen molar-refractivity contribution in [3.05, 3.63) is 51.4 Å². The molecule has 0 aliphatic carbocycles. The standard InChI is InChI=1S/C11H7Br2FN2/c12-7-3-9(6-15-5-7)16-11-2-1-8(14)4-10(11)13/h1-6,16H. The summed E-state index contributed by atoms with van der Waals surface area (Å²) in [5, 5.41) is 3.13. The van der Waals surface area contributed by atoms with Crippen molar-refractivity contribution in [2.75, 3.05) is 5.32 Å². The molecule has 1 N–H and O–H groups in total. The minimum atomic E-state index is -0.273. The Morgan fingerprint density at radius 2 is 1.94 bits per heavy atom. The number of hydrogen-bond donors (Lipinski definition) is 1. The molecule has 82 valence electrons. The molecular formula is C11H7Br2FN2. The van der Waals surface area contributed by atoms with Gasteiger partial charge in [0.1, 0.15) is 5.82 Å². The van der Waals surface area contributed by atoms with Gasteiger partial charge in [0.15, 0.2) is 0 Å². The molecule has 0 atom stereocenters. The summed E-state index contributed by atoms with van der Waals surface area (Å²) in [6, 6.07) is 6.37. The van der Waals surface area contributed by atoms with Gasteiger partial charge in [0.25, 0.3) is 0 Å². The quantitative estimate of drug-likeness (QED) is 0.867. The van der Waals surface area contributed by atoms with Gasteiger partial charge in [0.05, 0.1) is 17.6 Å². The Morgan fingerprint density at radius 1 is 1.12 bits per heavy atom.